The van der Waals surface area contributed by atoms with Crippen LogP contribution in [0.2, 0.25) is 0 Å². The van der Waals surface area contributed by atoms with E-state index >= 15 is 0 Å². The Morgan fingerprint density at radius 3 is 2.86 bits per heavy atom. The molecule has 0 aliphatic carbocycles. The molecule has 0 fully saturated rings. The van der Waals surface area contributed by atoms with Crippen LogP contribution in [0.1, 0.15) is 17.4 Å². The van der Waals surface area contributed by atoms with Crippen molar-refractivity contribution in [3.63, 3.8) is 0 Å². The molecule has 1 N–H and O–H groups in total. The number of carbonyl (C=O) groups excluding carboxylic acids is 1. The topological polar surface area (TPSA) is 84.4 Å². The number of hydrogen-bond acceptors (Lipinski definition) is 5. The summed E-state index contributed by atoms with van der Waals surface area (Å²) in [6.45, 7) is 1.43. The van der Waals surface area contributed by atoms with E-state index < -0.39 is 0 Å². The van der Waals surface area contributed by atoms with Gasteiger partial charge in [-0.25, -0.2) is 0 Å². The lowest BCUT2D eigenvalue weighted by molar-refractivity contribution is 0.101. The lowest BCUT2D eigenvalue weighted by Crippen LogP contribution is -1.96. The first kappa shape index (κ1) is 8.49. The summed E-state index contributed by atoms with van der Waals surface area (Å²) in [5.74, 6) is -0.153. The molecule has 6 heteroatoms. The highest BCUT2D eigenvalue weighted by Gasteiger charge is 2.14. The van der Waals surface area contributed by atoms with Crippen LogP contribution in [0.3, 0.4) is 0 Å². The van der Waals surface area contributed by atoms with Crippen molar-refractivity contribution in [2.75, 3.05) is 0 Å². The molecule has 0 aromatic carbocycles. The third-order valence-electron chi connectivity index (χ3n) is 1.69. The second-order valence-corrected chi connectivity index (χ2v) is 2.67. The quantitative estimate of drug-likeness (QED) is 0.694. The molecule has 14 heavy (non-hydrogen) atoms. The minimum Gasteiger partial charge on any atom is -0.293 e. The predicted octanol–water partition coefficient (Wildman–Crippen LogP) is 0.464. The average Bonchev–Trinajstić information content (AvgIpc) is 2.67. The number of Topliss-reactive ketones (excluding diaryl/α,β-unsaturated/α-hetero) is 1. The fourth-order valence-electron chi connectivity index (χ4n) is 1.08. The highest BCUT2D eigenvalue weighted by Crippen LogP contribution is 2.15. The number of nitrogens with one attached hydrogen (secondary N) is 1. The van der Waals surface area contributed by atoms with E-state index in [-0.39, 0.29) is 11.5 Å². The van der Waals surface area contributed by atoms with Crippen LogP contribution in [0.25, 0.3) is 11.4 Å². The number of H-pyrrole nitrogens is 1. The normalized spacial score (nSPS) is 10.1. The van der Waals surface area contributed by atoms with Crippen LogP contribution in [0, 0.1) is 0 Å². The van der Waals surface area contributed by atoms with Crippen molar-refractivity contribution in [1.82, 2.24) is 25.4 Å². The van der Waals surface area contributed by atoms with E-state index in [0.29, 0.717) is 11.4 Å². The SMILES string of the molecule is CC(=O)c1n[nH]nc1-c1cnccn1. The molecule has 0 saturated carbocycles. The van der Waals surface area contributed by atoms with Crippen molar-refractivity contribution in [2.24, 2.45) is 0 Å². The standard InChI is InChI=1S/C8H7N5O/c1-5(14)7-8(12-13-11-7)6-4-9-2-3-10-6/h2-4H,1H3,(H,11,12,13). The fraction of sp³-hybridized carbons (Fsp3) is 0.125. The Bertz CT molecular complexity index is 450. The van der Waals surface area contributed by atoms with Gasteiger partial charge in [-0.2, -0.15) is 15.4 Å². The van der Waals surface area contributed by atoms with Crippen LogP contribution in [0.15, 0.2) is 18.6 Å². The summed E-state index contributed by atoms with van der Waals surface area (Å²) in [4.78, 5) is 19.0. The summed E-state index contributed by atoms with van der Waals surface area (Å²) >= 11 is 0. The maximum absolute atomic E-state index is 11.1. The van der Waals surface area contributed by atoms with Gasteiger partial charge in [-0.1, -0.05) is 0 Å². The monoisotopic (exact) mass is 189 g/mol. The molecule has 70 valence electrons. The smallest absolute Gasteiger partial charge is 0.182 e. The number of aromatic amines is 1. The van der Waals surface area contributed by atoms with Crippen molar-refractivity contribution in [2.45, 2.75) is 6.92 Å². The molecule has 2 aromatic rings. The van der Waals surface area contributed by atoms with E-state index in [1.54, 1.807) is 6.20 Å². The molecule has 0 spiro atoms. The lowest BCUT2D eigenvalue weighted by Gasteiger charge is -1.94. The number of ketones is 1. The molecule has 2 heterocycles. The van der Waals surface area contributed by atoms with Gasteiger partial charge in [0.2, 0.25) is 0 Å². The summed E-state index contributed by atoms with van der Waals surface area (Å²) in [7, 11) is 0. The van der Waals surface area contributed by atoms with Gasteiger partial charge < -0.3 is 0 Å². The number of hydrogen-bond donors (Lipinski definition) is 1. The minimum atomic E-state index is -0.153. The van der Waals surface area contributed by atoms with Crippen LogP contribution in [0.4, 0.5) is 0 Å². The molecular formula is C8H7N5O. The lowest BCUT2D eigenvalue weighted by atomic mass is 10.2. The molecule has 0 unspecified atom stereocenters. The highest BCUT2D eigenvalue weighted by atomic mass is 16.1. The van der Waals surface area contributed by atoms with E-state index in [1.807, 2.05) is 0 Å². The molecule has 2 aromatic heterocycles. The van der Waals surface area contributed by atoms with Crippen LogP contribution in [0.5, 0.6) is 0 Å². The molecule has 0 radical (unpaired) electrons. The van der Waals surface area contributed by atoms with Gasteiger partial charge >= 0.3 is 0 Å². The van der Waals surface area contributed by atoms with Gasteiger partial charge in [0, 0.05) is 19.3 Å². The summed E-state index contributed by atoms with van der Waals surface area (Å²) in [5, 5.41) is 9.98. The first-order valence-electron chi connectivity index (χ1n) is 3.97. The van der Waals surface area contributed by atoms with Crippen molar-refractivity contribution in [3.8, 4) is 11.4 Å². The van der Waals surface area contributed by atoms with Gasteiger partial charge in [0.25, 0.3) is 0 Å². The summed E-state index contributed by atoms with van der Waals surface area (Å²) < 4.78 is 0. The molecule has 0 aliphatic heterocycles. The zero-order valence-electron chi connectivity index (χ0n) is 7.43. The van der Waals surface area contributed by atoms with Crippen molar-refractivity contribution in [1.29, 1.82) is 0 Å². The Morgan fingerprint density at radius 2 is 2.21 bits per heavy atom. The van der Waals surface area contributed by atoms with Crippen molar-refractivity contribution in [3.05, 3.63) is 24.3 Å². The fourth-order valence-corrected chi connectivity index (χ4v) is 1.08. The van der Waals surface area contributed by atoms with Crippen LogP contribution in [-0.4, -0.2) is 31.2 Å². The van der Waals surface area contributed by atoms with E-state index in [9.17, 15) is 4.79 Å². The Labute approximate surface area is 79.4 Å². The maximum Gasteiger partial charge on any atom is 0.182 e. The number of aromatic nitrogens is 5. The second-order valence-electron chi connectivity index (χ2n) is 2.67. The van der Waals surface area contributed by atoms with Gasteiger partial charge in [-0.15, -0.1) is 0 Å². The minimum absolute atomic E-state index is 0.153. The first-order valence-corrected chi connectivity index (χ1v) is 3.97. The first-order chi connectivity index (χ1) is 6.79. The van der Waals surface area contributed by atoms with Gasteiger partial charge in [-0.3, -0.25) is 14.8 Å². The van der Waals surface area contributed by atoms with Crippen molar-refractivity contribution >= 4 is 5.78 Å². The van der Waals surface area contributed by atoms with Gasteiger partial charge in [0.15, 0.2) is 11.5 Å². The molecule has 0 atom stereocenters. The van der Waals surface area contributed by atoms with Crippen LogP contribution in [-0.2, 0) is 0 Å². The van der Waals surface area contributed by atoms with E-state index in [0.717, 1.165) is 0 Å². The Kier molecular flexibility index (Phi) is 2.02. The summed E-state index contributed by atoms with van der Waals surface area (Å²) in [5.41, 5.74) is 1.25. The second kappa shape index (κ2) is 3.33. The summed E-state index contributed by atoms with van der Waals surface area (Å²) in [6, 6.07) is 0. The zero-order chi connectivity index (χ0) is 9.97. The third kappa shape index (κ3) is 1.37. The molecular weight excluding hydrogens is 182 g/mol. The number of rotatable bonds is 2. The molecule has 0 bridgehead atoms. The Balaban J connectivity index is 2.52. The molecule has 0 aliphatic rings. The highest BCUT2D eigenvalue weighted by molar-refractivity contribution is 5.97. The van der Waals surface area contributed by atoms with Crippen LogP contribution >= 0.6 is 0 Å². The largest absolute Gasteiger partial charge is 0.293 e. The van der Waals surface area contributed by atoms with Crippen molar-refractivity contribution < 1.29 is 4.79 Å². The van der Waals surface area contributed by atoms with E-state index in [2.05, 4.69) is 25.4 Å². The summed E-state index contributed by atoms with van der Waals surface area (Å²) in [6.07, 6.45) is 4.62. The van der Waals surface area contributed by atoms with Crippen LogP contribution < -0.4 is 0 Å². The van der Waals surface area contributed by atoms with E-state index in [1.165, 1.54) is 19.3 Å². The molecule has 0 amide bonds. The van der Waals surface area contributed by atoms with Gasteiger partial charge in [0.05, 0.1) is 6.20 Å². The predicted molar refractivity (Wildman–Crippen MR) is 47.4 cm³/mol. The number of carbonyl (C=O) groups is 1. The third-order valence-corrected chi connectivity index (χ3v) is 1.69. The molecule has 0 saturated heterocycles. The zero-order valence-corrected chi connectivity index (χ0v) is 7.43. The molecule has 6 nitrogen and oxygen atoms in total. The van der Waals surface area contributed by atoms with Gasteiger partial charge in [-0.05, 0) is 0 Å². The maximum atomic E-state index is 11.1. The average molecular weight is 189 g/mol. The Hall–Kier alpha value is -2.11. The molecule has 2 rings (SSSR count). The van der Waals surface area contributed by atoms with E-state index in [4.69, 9.17) is 0 Å². The Morgan fingerprint density at radius 1 is 1.36 bits per heavy atom. The van der Waals surface area contributed by atoms with Gasteiger partial charge in [0.1, 0.15) is 11.4 Å². The number of nitrogens with zero attached hydrogens (tertiary/aromatic N) is 4.